The maximum atomic E-state index is 13.1. The van der Waals surface area contributed by atoms with Crippen LogP contribution in [0.5, 0.6) is 0 Å². The van der Waals surface area contributed by atoms with Crippen LogP contribution in [0.4, 0.5) is 0 Å². The normalized spacial score (nSPS) is 13.9. The Bertz CT molecular complexity index is 1940. The van der Waals surface area contributed by atoms with Crippen LogP contribution < -0.4 is 0 Å². The Hall–Kier alpha value is -1.94. The number of phosphoric acid groups is 2. The van der Waals surface area contributed by atoms with Crippen LogP contribution >= 0.6 is 15.6 Å². The first kappa shape index (κ1) is 99.1. The number of hydrogen-bond donors (Lipinski definition) is 3. The van der Waals surface area contributed by atoms with Crippen molar-refractivity contribution in [1.82, 2.24) is 0 Å². The highest BCUT2D eigenvalue weighted by molar-refractivity contribution is 7.47. The van der Waals surface area contributed by atoms with Gasteiger partial charge in [-0.3, -0.25) is 37.3 Å². The maximum Gasteiger partial charge on any atom is 0.472 e. The lowest BCUT2D eigenvalue weighted by Gasteiger charge is -2.21. The molecular weight excluding hydrogens is 1320 g/mol. The monoisotopic (exact) mass is 1480 g/mol. The Labute approximate surface area is 619 Å². The van der Waals surface area contributed by atoms with Crippen molar-refractivity contribution in [2.75, 3.05) is 39.6 Å². The summed E-state index contributed by atoms with van der Waals surface area (Å²) in [7, 11) is -9.92. The molecule has 600 valence electrons. The first-order valence-corrected chi connectivity index (χ1v) is 45.5. The van der Waals surface area contributed by atoms with Gasteiger partial charge in [0.2, 0.25) is 0 Å². The van der Waals surface area contributed by atoms with Crippen molar-refractivity contribution in [2.24, 2.45) is 11.8 Å². The summed E-state index contributed by atoms with van der Waals surface area (Å²) in [4.78, 5) is 73.0. The molecule has 0 aromatic rings. The Morgan fingerprint density at radius 2 is 0.455 bits per heavy atom. The third-order valence-electron chi connectivity index (χ3n) is 19.2. The van der Waals surface area contributed by atoms with Crippen molar-refractivity contribution in [3.05, 3.63) is 0 Å². The van der Waals surface area contributed by atoms with E-state index in [1.165, 1.54) is 250 Å². The van der Waals surface area contributed by atoms with E-state index >= 15 is 0 Å². The second kappa shape index (κ2) is 73.6. The molecular formula is C82H160O17P2. The Kier molecular flexibility index (Phi) is 72.2. The molecule has 0 saturated heterocycles. The third kappa shape index (κ3) is 76.1. The summed E-state index contributed by atoms with van der Waals surface area (Å²) in [6.45, 7) is 9.64. The topological polar surface area (TPSA) is 237 Å². The van der Waals surface area contributed by atoms with Crippen LogP contribution in [0.1, 0.15) is 433 Å². The van der Waals surface area contributed by atoms with Gasteiger partial charge in [0.25, 0.3) is 0 Å². The molecule has 17 nitrogen and oxygen atoms in total. The molecule has 3 N–H and O–H groups in total. The van der Waals surface area contributed by atoms with Crippen molar-refractivity contribution in [1.29, 1.82) is 0 Å². The van der Waals surface area contributed by atoms with Crippen LogP contribution in [0, 0.1) is 11.8 Å². The summed E-state index contributed by atoms with van der Waals surface area (Å²) in [5.41, 5.74) is 0. The minimum Gasteiger partial charge on any atom is -0.462 e. The smallest absolute Gasteiger partial charge is 0.462 e. The van der Waals surface area contributed by atoms with E-state index in [1.807, 2.05) is 0 Å². The summed E-state index contributed by atoms with van der Waals surface area (Å²) < 4.78 is 68.7. The number of carbonyl (C=O) groups excluding carboxylic acids is 4. The molecule has 0 aromatic carbocycles. The van der Waals surface area contributed by atoms with Crippen molar-refractivity contribution in [3.63, 3.8) is 0 Å². The largest absolute Gasteiger partial charge is 0.472 e. The van der Waals surface area contributed by atoms with Crippen molar-refractivity contribution >= 4 is 39.5 Å². The molecule has 5 atom stereocenters. The van der Waals surface area contributed by atoms with Crippen molar-refractivity contribution < 1.29 is 80.2 Å². The molecule has 19 heteroatoms. The van der Waals surface area contributed by atoms with Crippen LogP contribution in [-0.4, -0.2) is 96.7 Å². The molecule has 2 unspecified atom stereocenters. The maximum absolute atomic E-state index is 13.1. The van der Waals surface area contributed by atoms with Crippen LogP contribution in [0.15, 0.2) is 0 Å². The van der Waals surface area contributed by atoms with Crippen molar-refractivity contribution in [2.45, 2.75) is 452 Å². The molecule has 0 heterocycles. The highest BCUT2D eigenvalue weighted by Gasteiger charge is 2.30. The molecule has 0 amide bonds. The molecule has 0 radical (unpaired) electrons. The van der Waals surface area contributed by atoms with Gasteiger partial charge in [-0.15, -0.1) is 0 Å². The van der Waals surface area contributed by atoms with Crippen LogP contribution in [0.2, 0.25) is 0 Å². The summed E-state index contributed by atoms with van der Waals surface area (Å²) in [6.07, 6.45) is 64.0. The average molecular weight is 1480 g/mol. The Balaban J connectivity index is 5.20. The number of ether oxygens (including phenoxy) is 4. The summed E-state index contributed by atoms with van der Waals surface area (Å²) >= 11 is 0. The predicted molar refractivity (Wildman–Crippen MR) is 414 cm³/mol. The van der Waals surface area contributed by atoms with Gasteiger partial charge in [-0.2, -0.15) is 0 Å². The van der Waals surface area contributed by atoms with E-state index in [0.29, 0.717) is 25.7 Å². The van der Waals surface area contributed by atoms with E-state index in [9.17, 15) is 43.2 Å². The van der Waals surface area contributed by atoms with Crippen LogP contribution in [-0.2, 0) is 65.4 Å². The molecule has 0 aliphatic heterocycles. The minimum absolute atomic E-state index is 0.107. The first-order valence-electron chi connectivity index (χ1n) is 42.5. The van der Waals surface area contributed by atoms with E-state index in [0.717, 1.165) is 102 Å². The van der Waals surface area contributed by atoms with Gasteiger partial charge >= 0.3 is 39.5 Å². The number of esters is 4. The fourth-order valence-electron chi connectivity index (χ4n) is 12.7. The summed E-state index contributed by atoms with van der Waals surface area (Å²) in [5.74, 6) is -0.553. The van der Waals surface area contributed by atoms with E-state index in [-0.39, 0.29) is 25.7 Å². The zero-order valence-electron chi connectivity index (χ0n) is 66.2. The lowest BCUT2D eigenvalue weighted by Crippen LogP contribution is -2.30. The molecule has 0 aliphatic rings. The first-order chi connectivity index (χ1) is 48.9. The lowest BCUT2D eigenvalue weighted by atomic mass is 10.0. The highest BCUT2D eigenvalue weighted by atomic mass is 31.2. The van der Waals surface area contributed by atoms with E-state index in [2.05, 4.69) is 41.5 Å². The zero-order valence-corrected chi connectivity index (χ0v) is 68.0. The number of aliphatic hydroxyl groups is 1. The van der Waals surface area contributed by atoms with E-state index in [1.54, 1.807) is 0 Å². The third-order valence-corrected chi connectivity index (χ3v) is 21.1. The molecule has 0 saturated carbocycles. The molecule has 101 heavy (non-hydrogen) atoms. The Morgan fingerprint density at radius 1 is 0.267 bits per heavy atom. The number of unbranched alkanes of at least 4 members (excludes halogenated alkanes) is 51. The van der Waals surface area contributed by atoms with Crippen molar-refractivity contribution in [3.8, 4) is 0 Å². The van der Waals surface area contributed by atoms with Crippen LogP contribution in [0.3, 0.4) is 0 Å². The fourth-order valence-corrected chi connectivity index (χ4v) is 14.3. The van der Waals surface area contributed by atoms with Gasteiger partial charge in [0.05, 0.1) is 26.4 Å². The standard InChI is InChI=1S/C82H160O17P2/c1-7-9-11-13-15-17-18-19-20-21-22-23-24-25-26-27-30-36-42-48-54-60-66-81(86)99-78(71-93-80(85)65-59-53-47-41-35-31-28-29-33-39-44-50-56-62-74(3)4)73-97-101(90,91)95-69-76(83)68-94-100(88,89)96-72-77(70-92-79(84)64-58-52-46-38-16-14-12-10-8-2)98-82(87)67-61-55-49-43-37-32-34-40-45-51-57-63-75(5)6/h74-78,83H,7-73H2,1-6H3,(H,88,89)(H,90,91)/t76-,77+,78+/m0/s1. The van der Waals surface area contributed by atoms with E-state index in [4.69, 9.17) is 37.0 Å². The number of rotatable bonds is 81. The minimum atomic E-state index is -4.96. The number of carbonyl (C=O) groups is 4. The zero-order chi connectivity index (χ0) is 74.2. The fraction of sp³-hybridized carbons (Fsp3) is 0.951. The average Bonchev–Trinajstić information content (AvgIpc) is 0.944. The summed E-state index contributed by atoms with van der Waals surface area (Å²) in [5, 5.41) is 10.6. The van der Waals surface area contributed by atoms with Gasteiger partial charge in [-0.25, -0.2) is 9.13 Å². The second-order valence-electron chi connectivity index (χ2n) is 30.5. The van der Waals surface area contributed by atoms with Gasteiger partial charge < -0.3 is 33.8 Å². The molecule has 0 aliphatic carbocycles. The molecule has 0 rings (SSSR count). The summed E-state index contributed by atoms with van der Waals surface area (Å²) in [6, 6.07) is 0. The molecule has 0 aromatic heterocycles. The number of hydrogen-bond acceptors (Lipinski definition) is 15. The number of aliphatic hydroxyl groups excluding tert-OH is 1. The predicted octanol–water partition coefficient (Wildman–Crippen LogP) is 24.7. The lowest BCUT2D eigenvalue weighted by molar-refractivity contribution is -0.161. The molecule has 0 fully saturated rings. The SMILES string of the molecule is CCCCCCCCCCCCCCCCCCCCCCCCC(=O)O[C@H](COC(=O)CCCCCCCCCCCCCCCC(C)C)COP(=O)(O)OC[C@@H](O)COP(=O)(O)OC[C@@H](COC(=O)CCCCCCCCCCC)OC(=O)CCCCCCCCCCCCCC(C)C. The van der Waals surface area contributed by atoms with Gasteiger partial charge in [-0.1, -0.05) is 382 Å². The second-order valence-corrected chi connectivity index (χ2v) is 33.4. The molecule has 0 spiro atoms. The molecule has 0 bridgehead atoms. The van der Waals surface area contributed by atoms with Gasteiger partial charge in [0.15, 0.2) is 12.2 Å². The Morgan fingerprint density at radius 3 is 0.673 bits per heavy atom. The van der Waals surface area contributed by atoms with Crippen LogP contribution in [0.25, 0.3) is 0 Å². The quantitative estimate of drug-likeness (QED) is 0.0222. The van der Waals surface area contributed by atoms with E-state index < -0.39 is 97.5 Å². The van der Waals surface area contributed by atoms with Gasteiger partial charge in [0.1, 0.15) is 19.3 Å². The number of phosphoric ester groups is 2. The van der Waals surface area contributed by atoms with Gasteiger partial charge in [0, 0.05) is 25.7 Å². The van der Waals surface area contributed by atoms with Gasteiger partial charge in [-0.05, 0) is 37.5 Å². The highest BCUT2D eigenvalue weighted by Crippen LogP contribution is 2.45.